The zero-order chi connectivity index (χ0) is 18.6. The lowest BCUT2D eigenvalue weighted by atomic mass is 10.2. The Morgan fingerprint density at radius 3 is 2.72 bits per heavy atom. The van der Waals surface area contributed by atoms with E-state index in [1.54, 1.807) is 22.6 Å². The number of amides is 1. The Morgan fingerprint density at radius 2 is 2.16 bits per heavy atom. The normalized spacial score (nSPS) is 16.1. The van der Waals surface area contributed by atoms with Gasteiger partial charge in [0.25, 0.3) is 5.91 Å². The lowest BCUT2D eigenvalue weighted by molar-refractivity contribution is -0.139. The van der Waals surface area contributed by atoms with Crippen LogP contribution in [0.2, 0.25) is 0 Å². The quantitative estimate of drug-likeness (QED) is 0.571. The highest BCUT2D eigenvalue weighted by Crippen LogP contribution is 2.25. The molecule has 8 heteroatoms. The Bertz CT molecular complexity index is 721. The number of hydrogen-bond acceptors (Lipinski definition) is 6. The first-order valence-electron chi connectivity index (χ1n) is 8.22. The molecule has 0 bridgehead atoms. The SMILES string of the molecule is CCOC(=O)CSC1=N/C(=C/c2cn(C)nc2C)C(=O)N1CC(C)C. The number of aliphatic imine (C=N–C) groups is 1. The summed E-state index contributed by atoms with van der Waals surface area (Å²) < 4.78 is 6.64. The van der Waals surface area contributed by atoms with Crippen LogP contribution in [0, 0.1) is 12.8 Å². The molecule has 7 nitrogen and oxygen atoms in total. The van der Waals surface area contributed by atoms with Gasteiger partial charge in [-0.15, -0.1) is 0 Å². The summed E-state index contributed by atoms with van der Waals surface area (Å²) in [5, 5.41) is 4.82. The van der Waals surface area contributed by atoms with Crippen LogP contribution in [0.1, 0.15) is 32.0 Å². The molecule has 2 rings (SSSR count). The number of nitrogens with zero attached hydrogens (tertiary/aromatic N) is 4. The molecule has 1 amide bonds. The fourth-order valence-electron chi connectivity index (χ4n) is 2.40. The van der Waals surface area contributed by atoms with E-state index in [1.807, 2.05) is 34.0 Å². The van der Waals surface area contributed by atoms with Gasteiger partial charge in [0.1, 0.15) is 5.70 Å². The van der Waals surface area contributed by atoms with Gasteiger partial charge in [0.2, 0.25) is 0 Å². The van der Waals surface area contributed by atoms with Crippen LogP contribution in [0.15, 0.2) is 16.9 Å². The van der Waals surface area contributed by atoms with E-state index in [4.69, 9.17) is 4.74 Å². The zero-order valence-electron chi connectivity index (χ0n) is 15.3. The Labute approximate surface area is 152 Å². The molecular formula is C17H24N4O3S. The number of esters is 1. The van der Waals surface area contributed by atoms with Gasteiger partial charge in [-0.05, 0) is 25.8 Å². The van der Waals surface area contributed by atoms with Crippen LogP contribution in [-0.4, -0.2) is 50.6 Å². The van der Waals surface area contributed by atoms with Crippen molar-refractivity contribution in [3.05, 3.63) is 23.2 Å². The molecule has 0 fully saturated rings. The van der Waals surface area contributed by atoms with E-state index in [0.717, 1.165) is 11.3 Å². The monoisotopic (exact) mass is 364 g/mol. The molecule has 0 N–H and O–H groups in total. The molecule has 25 heavy (non-hydrogen) atoms. The van der Waals surface area contributed by atoms with Crippen molar-refractivity contribution in [2.45, 2.75) is 27.7 Å². The molecule has 0 aromatic carbocycles. The third-order valence-electron chi connectivity index (χ3n) is 3.43. The van der Waals surface area contributed by atoms with Gasteiger partial charge in [0.15, 0.2) is 5.17 Å². The standard InChI is InChI=1S/C17H24N4O3S/c1-6-24-15(22)10-25-17-18-14(16(23)21(17)8-11(2)3)7-13-9-20(5)19-12(13)4/h7,9,11H,6,8,10H2,1-5H3/b14-7+. The predicted octanol–water partition coefficient (Wildman–Crippen LogP) is 2.22. The molecule has 0 spiro atoms. The first-order valence-corrected chi connectivity index (χ1v) is 9.21. The molecule has 0 saturated heterocycles. The van der Waals surface area contributed by atoms with Crippen LogP contribution in [0.3, 0.4) is 0 Å². The Kier molecular flexibility index (Phi) is 6.41. The van der Waals surface area contributed by atoms with Gasteiger partial charge < -0.3 is 4.74 Å². The van der Waals surface area contributed by atoms with Gasteiger partial charge in [0, 0.05) is 25.4 Å². The van der Waals surface area contributed by atoms with Gasteiger partial charge >= 0.3 is 5.97 Å². The summed E-state index contributed by atoms with van der Waals surface area (Å²) in [5.41, 5.74) is 2.06. The number of rotatable bonds is 6. The van der Waals surface area contributed by atoms with E-state index in [1.165, 1.54) is 11.8 Å². The number of ether oxygens (including phenoxy) is 1. The van der Waals surface area contributed by atoms with Crippen LogP contribution in [0.4, 0.5) is 0 Å². The highest BCUT2D eigenvalue weighted by atomic mass is 32.2. The molecule has 1 aromatic heterocycles. The summed E-state index contributed by atoms with van der Waals surface area (Å²) in [6.07, 6.45) is 3.59. The molecule has 0 aliphatic carbocycles. The molecule has 0 unspecified atom stereocenters. The van der Waals surface area contributed by atoms with Crippen LogP contribution < -0.4 is 0 Å². The molecule has 2 heterocycles. The number of carbonyl (C=O) groups is 2. The molecule has 1 aromatic rings. The van der Waals surface area contributed by atoms with Crippen molar-refractivity contribution >= 4 is 34.9 Å². The van der Waals surface area contributed by atoms with Gasteiger partial charge in [-0.2, -0.15) is 5.10 Å². The van der Waals surface area contributed by atoms with Crippen LogP contribution >= 0.6 is 11.8 Å². The number of carbonyl (C=O) groups excluding carboxylic acids is 2. The Hall–Kier alpha value is -2.09. The molecule has 0 saturated carbocycles. The summed E-state index contributed by atoms with van der Waals surface area (Å²) in [6.45, 7) is 8.61. The number of hydrogen-bond donors (Lipinski definition) is 0. The van der Waals surface area contributed by atoms with E-state index < -0.39 is 0 Å². The third-order valence-corrected chi connectivity index (χ3v) is 4.38. The van der Waals surface area contributed by atoms with Gasteiger partial charge in [-0.1, -0.05) is 25.6 Å². The smallest absolute Gasteiger partial charge is 0.316 e. The number of aromatic nitrogens is 2. The number of thioether (sulfide) groups is 1. The highest BCUT2D eigenvalue weighted by molar-refractivity contribution is 8.14. The van der Waals surface area contributed by atoms with Gasteiger partial charge in [0.05, 0.1) is 18.1 Å². The highest BCUT2D eigenvalue weighted by Gasteiger charge is 2.31. The van der Waals surface area contributed by atoms with E-state index >= 15 is 0 Å². The fourth-order valence-corrected chi connectivity index (χ4v) is 3.21. The van der Waals surface area contributed by atoms with E-state index in [2.05, 4.69) is 10.1 Å². The third kappa shape index (κ3) is 4.94. The minimum atomic E-state index is -0.312. The second-order valence-electron chi connectivity index (χ2n) is 6.17. The van der Waals surface area contributed by atoms with Crippen molar-refractivity contribution in [1.82, 2.24) is 14.7 Å². The van der Waals surface area contributed by atoms with Crippen molar-refractivity contribution in [3.63, 3.8) is 0 Å². The molecule has 1 aliphatic heterocycles. The van der Waals surface area contributed by atoms with E-state index in [0.29, 0.717) is 24.0 Å². The maximum absolute atomic E-state index is 12.7. The fraction of sp³-hybridized carbons (Fsp3) is 0.529. The average Bonchev–Trinajstić information content (AvgIpc) is 2.99. The summed E-state index contributed by atoms with van der Waals surface area (Å²) in [6, 6.07) is 0. The predicted molar refractivity (Wildman–Crippen MR) is 99.0 cm³/mol. The molecule has 0 atom stereocenters. The van der Waals surface area contributed by atoms with E-state index in [-0.39, 0.29) is 23.5 Å². The number of amidine groups is 1. The molecular weight excluding hydrogens is 340 g/mol. The van der Waals surface area contributed by atoms with Crippen molar-refractivity contribution in [1.29, 1.82) is 0 Å². The average molecular weight is 364 g/mol. The van der Waals surface area contributed by atoms with Crippen molar-refractivity contribution < 1.29 is 14.3 Å². The molecule has 0 radical (unpaired) electrons. The van der Waals surface area contributed by atoms with E-state index in [9.17, 15) is 9.59 Å². The second-order valence-corrected chi connectivity index (χ2v) is 7.11. The minimum Gasteiger partial charge on any atom is -0.465 e. The maximum Gasteiger partial charge on any atom is 0.316 e. The summed E-state index contributed by atoms with van der Waals surface area (Å²) in [7, 11) is 1.83. The lowest BCUT2D eigenvalue weighted by Gasteiger charge is -2.19. The summed E-state index contributed by atoms with van der Waals surface area (Å²) >= 11 is 1.23. The maximum atomic E-state index is 12.7. The van der Waals surface area contributed by atoms with Crippen molar-refractivity contribution in [2.24, 2.45) is 18.0 Å². The lowest BCUT2D eigenvalue weighted by Crippen LogP contribution is -2.34. The van der Waals surface area contributed by atoms with Crippen molar-refractivity contribution in [3.8, 4) is 0 Å². The van der Waals surface area contributed by atoms with Crippen LogP contribution in [0.25, 0.3) is 6.08 Å². The summed E-state index contributed by atoms with van der Waals surface area (Å²) in [4.78, 5) is 30.4. The summed E-state index contributed by atoms with van der Waals surface area (Å²) in [5.74, 6) is -0.0406. The van der Waals surface area contributed by atoms with Gasteiger partial charge in [-0.3, -0.25) is 19.2 Å². The first kappa shape index (κ1) is 19.2. The minimum absolute atomic E-state index is 0.133. The van der Waals surface area contributed by atoms with Crippen LogP contribution in [0.5, 0.6) is 0 Å². The largest absolute Gasteiger partial charge is 0.465 e. The second kappa shape index (κ2) is 8.33. The zero-order valence-corrected chi connectivity index (χ0v) is 16.1. The van der Waals surface area contributed by atoms with Crippen LogP contribution in [-0.2, 0) is 21.4 Å². The first-order chi connectivity index (χ1) is 11.8. The van der Waals surface area contributed by atoms with Gasteiger partial charge in [-0.25, -0.2) is 4.99 Å². The Balaban J connectivity index is 2.24. The topological polar surface area (TPSA) is 76.8 Å². The van der Waals surface area contributed by atoms with Crippen molar-refractivity contribution in [2.75, 3.05) is 18.9 Å². The number of aryl methyl sites for hydroxylation is 2. The Morgan fingerprint density at radius 1 is 1.44 bits per heavy atom. The molecule has 136 valence electrons. The molecule has 1 aliphatic rings.